The lowest BCUT2D eigenvalue weighted by Crippen LogP contribution is -1.93. The van der Waals surface area contributed by atoms with Crippen molar-refractivity contribution in [3.63, 3.8) is 0 Å². The topological polar surface area (TPSA) is 34.1 Å². The number of ether oxygens (including phenoxy) is 1. The van der Waals surface area contributed by atoms with Gasteiger partial charge in [-0.05, 0) is 36.1 Å². The third kappa shape index (κ3) is 3.47. The average Bonchev–Trinajstić information content (AvgIpc) is 2.47. The van der Waals surface area contributed by atoms with Crippen LogP contribution >= 0.6 is 0 Å². The lowest BCUT2D eigenvalue weighted by Gasteiger charge is -2.11. The van der Waals surface area contributed by atoms with E-state index in [0.29, 0.717) is 5.92 Å². The average molecular weight is 256 g/mol. The van der Waals surface area contributed by atoms with Crippen molar-refractivity contribution >= 4 is 5.82 Å². The van der Waals surface area contributed by atoms with Crippen molar-refractivity contribution in [2.45, 2.75) is 26.2 Å². The van der Waals surface area contributed by atoms with Crippen molar-refractivity contribution in [3.8, 4) is 11.5 Å². The fraction of sp³-hybridized carbons (Fsp3) is 0.312. The van der Waals surface area contributed by atoms with Crippen molar-refractivity contribution in [1.82, 2.24) is 4.98 Å². The van der Waals surface area contributed by atoms with E-state index in [-0.39, 0.29) is 0 Å². The molecule has 1 unspecified atom stereocenters. The van der Waals surface area contributed by atoms with E-state index >= 15 is 0 Å². The van der Waals surface area contributed by atoms with Gasteiger partial charge in [0, 0.05) is 19.3 Å². The number of aromatic nitrogens is 1. The molecule has 2 aromatic rings. The van der Waals surface area contributed by atoms with Crippen LogP contribution in [0.25, 0.3) is 0 Å². The Balaban J connectivity index is 2.10. The first-order valence-corrected chi connectivity index (χ1v) is 6.64. The number of nitrogens with zero attached hydrogens (tertiary/aromatic N) is 1. The molecule has 3 nitrogen and oxygen atoms in total. The summed E-state index contributed by atoms with van der Waals surface area (Å²) in [6.45, 7) is 4.43. The van der Waals surface area contributed by atoms with Crippen LogP contribution in [0.15, 0.2) is 42.6 Å². The van der Waals surface area contributed by atoms with Gasteiger partial charge in [0.25, 0.3) is 0 Å². The minimum absolute atomic E-state index is 0.589. The molecule has 100 valence electrons. The molecule has 0 aliphatic heterocycles. The summed E-state index contributed by atoms with van der Waals surface area (Å²) in [5, 5.41) is 2.99. The Kier molecular flexibility index (Phi) is 4.39. The van der Waals surface area contributed by atoms with Crippen LogP contribution in [0.1, 0.15) is 31.7 Å². The van der Waals surface area contributed by atoms with Gasteiger partial charge in [0.1, 0.15) is 17.3 Å². The number of hydrogen-bond acceptors (Lipinski definition) is 3. The lowest BCUT2D eigenvalue weighted by atomic mass is 9.99. The summed E-state index contributed by atoms with van der Waals surface area (Å²) >= 11 is 0. The van der Waals surface area contributed by atoms with E-state index < -0.39 is 0 Å². The molecular formula is C16H20N2O. The maximum atomic E-state index is 5.81. The van der Waals surface area contributed by atoms with Gasteiger partial charge < -0.3 is 10.1 Å². The Morgan fingerprint density at radius 1 is 1.16 bits per heavy atom. The van der Waals surface area contributed by atoms with Crippen LogP contribution in [0.3, 0.4) is 0 Å². The summed E-state index contributed by atoms with van der Waals surface area (Å²) < 4.78 is 5.81. The summed E-state index contributed by atoms with van der Waals surface area (Å²) in [5.41, 5.74) is 1.35. The monoisotopic (exact) mass is 256 g/mol. The number of benzene rings is 1. The highest BCUT2D eigenvalue weighted by atomic mass is 16.5. The van der Waals surface area contributed by atoms with Gasteiger partial charge in [0.2, 0.25) is 0 Å². The summed E-state index contributed by atoms with van der Waals surface area (Å²) in [5.74, 6) is 3.02. The van der Waals surface area contributed by atoms with Crippen LogP contribution in [-0.2, 0) is 0 Å². The molecule has 1 heterocycles. The minimum Gasteiger partial charge on any atom is -0.457 e. The normalized spacial score (nSPS) is 11.9. The molecule has 0 radical (unpaired) electrons. The van der Waals surface area contributed by atoms with Crippen molar-refractivity contribution in [3.05, 3.63) is 48.2 Å². The molecule has 0 saturated heterocycles. The fourth-order valence-electron chi connectivity index (χ4n) is 1.85. The Bertz CT molecular complexity index is 523. The standard InChI is InChI=1S/C16H20N2O/c1-4-12(2)13-5-7-14(8-6-13)19-15-9-10-18-16(11-15)17-3/h5-12H,4H2,1-3H3,(H,17,18). The maximum Gasteiger partial charge on any atom is 0.132 e. The number of hydrogen-bond donors (Lipinski definition) is 1. The summed E-state index contributed by atoms with van der Waals surface area (Å²) in [6.07, 6.45) is 2.88. The van der Waals surface area contributed by atoms with Crippen LogP contribution in [0, 0.1) is 0 Å². The molecule has 0 bridgehead atoms. The molecule has 2 rings (SSSR count). The number of nitrogens with one attached hydrogen (secondary N) is 1. The number of rotatable bonds is 5. The molecule has 1 aromatic heterocycles. The quantitative estimate of drug-likeness (QED) is 0.859. The molecule has 0 spiro atoms. The molecule has 0 amide bonds. The predicted molar refractivity (Wildman–Crippen MR) is 79.0 cm³/mol. The highest BCUT2D eigenvalue weighted by molar-refractivity contribution is 5.42. The summed E-state index contributed by atoms with van der Waals surface area (Å²) in [6, 6.07) is 12.0. The first-order chi connectivity index (χ1) is 9.22. The predicted octanol–water partition coefficient (Wildman–Crippen LogP) is 4.43. The second-order valence-corrected chi connectivity index (χ2v) is 4.61. The zero-order chi connectivity index (χ0) is 13.7. The summed E-state index contributed by atoms with van der Waals surface area (Å²) in [7, 11) is 1.84. The molecular weight excluding hydrogens is 236 g/mol. The Hall–Kier alpha value is -2.03. The van der Waals surface area contributed by atoms with Crippen LogP contribution in [-0.4, -0.2) is 12.0 Å². The zero-order valence-electron chi connectivity index (χ0n) is 11.7. The fourth-order valence-corrected chi connectivity index (χ4v) is 1.85. The summed E-state index contributed by atoms with van der Waals surface area (Å²) in [4.78, 5) is 4.16. The highest BCUT2D eigenvalue weighted by Crippen LogP contribution is 2.25. The number of anilines is 1. The van der Waals surface area contributed by atoms with Crippen molar-refractivity contribution in [2.75, 3.05) is 12.4 Å². The van der Waals surface area contributed by atoms with Gasteiger partial charge in [-0.3, -0.25) is 0 Å². The molecule has 1 N–H and O–H groups in total. The van der Waals surface area contributed by atoms with E-state index in [1.165, 1.54) is 5.56 Å². The van der Waals surface area contributed by atoms with Crippen molar-refractivity contribution in [1.29, 1.82) is 0 Å². The van der Waals surface area contributed by atoms with Gasteiger partial charge in [-0.15, -0.1) is 0 Å². The smallest absolute Gasteiger partial charge is 0.132 e. The van der Waals surface area contributed by atoms with Gasteiger partial charge in [-0.1, -0.05) is 26.0 Å². The lowest BCUT2D eigenvalue weighted by molar-refractivity contribution is 0.482. The second kappa shape index (κ2) is 6.23. The van der Waals surface area contributed by atoms with Crippen LogP contribution in [0.4, 0.5) is 5.82 Å². The molecule has 1 atom stereocenters. The molecule has 0 aliphatic carbocycles. The first kappa shape index (κ1) is 13.4. The molecule has 3 heteroatoms. The van der Waals surface area contributed by atoms with E-state index in [9.17, 15) is 0 Å². The van der Waals surface area contributed by atoms with Crippen molar-refractivity contribution in [2.24, 2.45) is 0 Å². The maximum absolute atomic E-state index is 5.81. The minimum atomic E-state index is 0.589. The van der Waals surface area contributed by atoms with Crippen LogP contribution in [0.5, 0.6) is 11.5 Å². The van der Waals surface area contributed by atoms with E-state index in [4.69, 9.17) is 4.74 Å². The van der Waals surface area contributed by atoms with Crippen LogP contribution < -0.4 is 10.1 Å². The third-order valence-electron chi connectivity index (χ3n) is 3.28. The van der Waals surface area contributed by atoms with E-state index in [1.807, 2.05) is 31.3 Å². The third-order valence-corrected chi connectivity index (χ3v) is 3.28. The van der Waals surface area contributed by atoms with Gasteiger partial charge >= 0.3 is 0 Å². The molecule has 1 aromatic carbocycles. The molecule has 0 fully saturated rings. The van der Waals surface area contributed by atoms with Crippen molar-refractivity contribution < 1.29 is 4.74 Å². The Morgan fingerprint density at radius 3 is 2.53 bits per heavy atom. The van der Waals surface area contributed by atoms with E-state index in [0.717, 1.165) is 23.7 Å². The highest BCUT2D eigenvalue weighted by Gasteiger charge is 2.03. The molecule has 0 saturated carbocycles. The molecule has 19 heavy (non-hydrogen) atoms. The number of pyridine rings is 1. The second-order valence-electron chi connectivity index (χ2n) is 4.61. The van der Waals surface area contributed by atoms with Gasteiger partial charge in [0.05, 0.1) is 0 Å². The van der Waals surface area contributed by atoms with E-state index in [2.05, 4.69) is 36.3 Å². The van der Waals surface area contributed by atoms with E-state index in [1.54, 1.807) is 6.20 Å². The first-order valence-electron chi connectivity index (χ1n) is 6.64. The SMILES string of the molecule is CCC(C)c1ccc(Oc2ccnc(NC)c2)cc1. The van der Waals surface area contributed by atoms with Crippen LogP contribution in [0.2, 0.25) is 0 Å². The Labute approximate surface area is 114 Å². The molecule has 0 aliphatic rings. The largest absolute Gasteiger partial charge is 0.457 e. The van der Waals surface area contributed by atoms with Gasteiger partial charge in [0.15, 0.2) is 0 Å². The Morgan fingerprint density at radius 2 is 1.89 bits per heavy atom. The van der Waals surface area contributed by atoms with Gasteiger partial charge in [-0.2, -0.15) is 0 Å². The van der Waals surface area contributed by atoms with Gasteiger partial charge in [-0.25, -0.2) is 4.98 Å². The zero-order valence-corrected chi connectivity index (χ0v) is 11.7.